The third-order valence-corrected chi connectivity index (χ3v) is 5.67. The number of fused-ring (bicyclic) bond motifs is 1. The summed E-state index contributed by atoms with van der Waals surface area (Å²) in [6.45, 7) is 9.65. The lowest BCUT2D eigenvalue weighted by molar-refractivity contribution is -0.140. The standard InChI is InChI=1S/C17H24O4S/c1-9(16(19)20)8-22-15-12-6-7-17(4,5)21-14(12)11(3)10(2)13(15)18/h9,18H,6-8H2,1-5H3,(H,19,20). The van der Waals surface area contributed by atoms with Gasteiger partial charge in [-0.25, -0.2) is 0 Å². The van der Waals surface area contributed by atoms with Gasteiger partial charge in [-0.2, -0.15) is 0 Å². The topological polar surface area (TPSA) is 66.8 Å². The minimum absolute atomic E-state index is 0.211. The summed E-state index contributed by atoms with van der Waals surface area (Å²) in [5.41, 5.74) is 2.58. The largest absolute Gasteiger partial charge is 0.506 e. The fourth-order valence-electron chi connectivity index (χ4n) is 2.54. The first-order valence-corrected chi connectivity index (χ1v) is 8.52. The number of hydrogen-bond acceptors (Lipinski definition) is 4. The highest BCUT2D eigenvalue weighted by molar-refractivity contribution is 7.99. The van der Waals surface area contributed by atoms with Crippen molar-refractivity contribution in [2.24, 2.45) is 5.92 Å². The SMILES string of the molecule is Cc1c(C)c2c(c(SCC(C)C(=O)O)c1O)CCC(C)(C)O2. The van der Waals surface area contributed by atoms with Gasteiger partial charge in [-0.1, -0.05) is 6.92 Å². The minimum atomic E-state index is -0.818. The molecule has 2 rings (SSSR count). The maximum atomic E-state index is 11.0. The summed E-state index contributed by atoms with van der Waals surface area (Å²) in [5.74, 6) is 0.283. The number of hydrogen-bond donors (Lipinski definition) is 2. The molecule has 0 aliphatic carbocycles. The lowest BCUT2D eigenvalue weighted by Gasteiger charge is -2.35. The third-order valence-electron chi connectivity index (χ3n) is 4.28. The van der Waals surface area contributed by atoms with E-state index in [1.165, 1.54) is 11.8 Å². The molecule has 1 aromatic rings. The molecule has 1 aliphatic rings. The molecule has 1 heterocycles. The molecular weight excluding hydrogens is 300 g/mol. The van der Waals surface area contributed by atoms with E-state index in [0.717, 1.165) is 40.2 Å². The van der Waals surface area contributed by atoms with Crippen LogP contribution >= 0.6 is 11.8 Å². The van der Waals surface area contributed by atoms with Crippen molar-refractivity contribution in [3.8, 4) is 11.5 Å². The Labute approximate surface area is 135 Å². The van der Waals surface area contributed by atoms with Crippen LogP contribution in [0.15, 0.2) is 4.90 Å². The smallest absolute Gasteiger partial charge is 0.307 e. The summed E-state index contributed by atoms with van der Waals surface area (Å²) < 4.78 is 6.14. The predicted octanol–water partition coefficient (Wildman–Crippen LogP) is 3.93. The normalized spacial score (nSPS) is 17.5. The van der Waals surface area contributed by atoms with Crippen molar-refractivity contribution in [3.05, 3.63) is 16.7 Å². The second-order valence-corrected chi connectivity index (χ2v) is 7.68. The number of carbonyl (C=O) groups is 1. The lowest BCUT2D eigenvalue weighted by atomic mass is 9.91. The first kappa shape index (κ1) is 17.0. The Kier molecular flexibility index (Phi) is 4.66. The van der Waals surface area contributed by atoms with Gasteiger partial charge < -0.3 is 14.9 Å². The maximum absolute atomic E-state index is 11.0. The Morgan fingerprint density at radius 2 is 2.00 bits per heavy atom. The number of carboxylic acid groups (broad SMARTS) is 1. The van der Waals surface area contributed by atoms with Crippen LogP contribution in [0.1, 0.15) is 43.9 Å². The molecule has 1 aliphatic heterocycles. The first-order valence-electron chi connectivity index (χ1n) is 7.53. The van der Waals surface area contributed by atoms with E-state index in [2.05, 4.69) is 13.8 Å². The van der Waals surface area contributed by atoms with Gasteiger partial charge >= 0.3 is 5.97 Å². The Morgan fingerprint density at radius 1 is 1.36 bits per heavy atom. The predicted molar refractivity (Wildman–Crippen MR) is 88.1 cm³/mol. The van der Waals surface area contributed by atoms with E-state index >= 15 is 0 Å². The molecule has 4 nitrogen and oxygen atoms in total. The number of rotatable bonds is 4. The van der Waals surface area contributed by atoms with E-state index in [9.17, 15) is 9.90 Å². The van der Waals surface area contributed by atoms with E-state index in [-0.39, 0.29) is 11.4 Å². The van der Waals surface area contributed by atoms with E-state index in [1.54, 1.807) is 6.92 Å². The number of thioether (sulfide) groups is 1. The van der Waals surface area contributed by atoms with Crippen LogP contribution < -0.4 is 4.74 Å². The second-order valence-electron chi connectivity index (χ2n) is 6.65. The molecular formula is C17H24O4S. The molecule has 5 heteroatoms. The Bertz CT molecular complexity index is 607. The zero-order chi connectivity index (χ0) is 16.7. The van der Waals surface area contributed by atoms with Crippen molar-refractivity contribution in [2.45, 2.75) is 58.0 Å². The van der Waals surface area contributed by atoms with Crippen molar-refractivity contribution < 1.29 is 19.7 Å². The van der Waals surface area contributed by atoms with Gasteiger partial charge in [0.2, 0.25) is 0 Å². The van der Waals surface area contributed by atoms with Gasteiger partial charge in [0.25, 0.3) is 0 Å². The molecule has 1 unspecified atom stereocenters. The molecule has 0 radical (unpaired) electrons. The van der Waals surface area contributed by atoms with Gasteiger partial charge in [0, 0.05) is 11.3 Å². The van der Waals surface area contributed by atoms with Gasteiger partial charge in [0.1, 0.15) is 17.1 Å². The van der Waals surface area contributed by atoms with Crippen LogP contribution in [0, 0.1) is 19.8 Å². The summed E-state index contributed by atoms with van der Waals surface area (Å²) >= 11 is 1.41. The maximum Gasteiger partial charge on any atom is 0.307 e. The molecule has 0 bridgehead atoms. The molecule has 0 saturated heterocycles. The summed E-state index contributed by atoms with van der Waals surface area (Å²) in [6.07, 6.45) is 1.71. The molecule has 1 atom stereocenters. The van der Waals surface area contributed by atoms with Crippen LogP contribution in [-0.4, -0.2) is 27.5 Å². The Morgan fingerprint density at radius 3 is 2.59 bits per heavy atom. The summed E-state index contributed by atoms with van der Waals surface area (Å²) in [6, 6.07) is 0. The second kappa shape index (κ2) is 6.03. The van der Waals surface area contributed by atoms with Crippen molar-refractivity contribution >= 4 is 17.7 Å². The summed E-state index contributed by atoms with van der Waals surface area (Å²) in [4.78, 5) is 11.8. The van der Waals surface area contributed by atoms with E-state index in [0.29, 0.717) is 5.75 Å². The summed E-state index contributed by atoms with van der Waals surface area (Å²) in [5, 5.41) is 19.5. The van der Waals surface area contributed by atoms with Gasteiger partial charge in [-0.05, 0) is 51.7 Å². The monoisotopic (exact) mass is 324 g/mol. The van der Waals surface area contributed by atoms with Crippen LogP contribution in [0.5, 0.6) is 11.5 Å². The van der Waals surface area contributed by atoms with Crippen LogP contribution in [0.4, 0.5) is 0 Å². The third kappa shape index (κ3) is 3.19. The number of phenolic OH excluding ortho intramolecular Hbond substituents is 1. The van der Waals surface area contributed by atoms with Crippen LogP contribution in [0.25, 0.3) is 0 Å². The molecule has 0 fully saturated rings. The number of carboxylic acids is 1. The van der Waals surface area contributed by atoms with E-state index in [4.69, 9.17) is 9.84 Å². The number of aliphatic carboxylic acids is 1. The molecule has 0 spiro atoms. The van der Waals surface area contributed by atoms with Gasteiger partial charge in [0.05, 0.1) is 10.8 Å². The highest BCUT2D eigenvalue weighted by Crippen LogP contribution is 2.47. The van der Waals surface area contributed by atoms with Crippen LogP contribution in [0.2, 0.25) is 0 Å². The number of phenols is 1. The molecule has 2 N–H and O–H groups in total. The average molecular weight is 324 g/mol. The zero-order valence-electron chi connectivity index (χ0n) is 13.8. The zero-order valence-corrected chi connectivity index (χ0v) is 14.6. The van der Waals surface area contributed by atoms with Crippen molar-refractivity contribution in [3.63, 3.8) is 0 Å². The fourth-order valence-corrected chi connectivity index (χ4v) is 3.76. The summed E-state index contributed by atoms with van der Waals surface area (Å²) in [7, 11) is 0. The van der Waals surface area contributed by atoms with E-state index < -0.39 is 11.9 Å². The van der Waals surface area contributed by atoms with Gasteiger partial charge in [0.15, 0.2) is 0 Å². The number of benzene rings is 1. The van der Waals surface area contributed by atoms with Crippen molar-refractivity contribution in [2.75, 3.05) is 5.75 Å². The highest BCUT2D eigenvalue weighted by Gasteiger charge is 2.32. The van der Waals surface area contributed by atoms with Crippen molar-refractivity contribution in [1.82, 2.24) is 0 Å². The molecule has 1 aromatic carbocycles. The van der Waals surface area contributed by atoms with E-state index in [1.807, 2.05) is 13.8 Å². The molecule has 0 saturated carbocycles. The number of aromatic hydroxyl groups is 1. The molecule has 0 aromatic heterocycles. The first-order chi connectivity index (χ1) is 10.1. The fraction of sp³-hybridized carbons (Fsp3) is 0.588. The number of ether oxygens (including phenoxy) is 1. The Hall–Kier alpha value is -1.36. The van der Waals surface area contributed by atoms with Crippen molar-refractivity contribution in [1.29, 1.82) is 0 Å². The molecule has 122 valence electrons. The van der Waals surface area contributed by atoms with Gasteiger partial charge in [-0.3, -0.25) is 4.79 Å². The van der Waals surface area contributed by atoms with Crippen LogP contribution in [0.3, 0.4) is 0 Å². The quantitative estimate of drug-likeness (QED) is 0.822. The van der Waals surface area contributed by atoms with Crippen LogP contribution in [-0.2, 0) is 11.2 Å². The Balaban J connectivity index is 2.42. The average Bonchev–Trinajstić information content (AvgIpc) is 2.44. The molecule has 0 amide bonds. The lowest BCUT2D eigenvalue weighted by Crippen LogP contribution is -2.33. The molecule has 22 heavy (non-hydrogen) atoms. The minimum Gasteiger partial charge on any atom is -0.506 e. The van der Waals surface area contributed by atoms with Gasteiger partial charge in [-0.15, -0.1) is 11.8 Å². The highest BCUT2D eigenvalue weighted by atomic mass is 32.2.